The van der Waals surface area contributed by atoms with Crippen LogP contribution in [0.15, 0.2) is 18.2 Å². The lowest BCUT2D eigenvalue weighted by atomic mass is 10.1. The van der Waals surface area contributed by atoms with Crippen LogP contribution in [0.2, 0.25) is 0 Å². The van der Waals surface area contributed by atoms with Gasteiger partial charge < -0.3 is 15.4 Å². The van der Waals surface area contributed by atoms with E-state index < -0.39 is 0 Å². The van der Waals surface area contributed by atoms with Gasteiger partial charge in [-0.15, -0.1) is 0 Å². The van der Waals surface area contributed by atoms with Gasteiger partial charge in [-0.05, 0) is 25.2 Å². The number of benzene rings is 1. The van der Waals surface area contributed by atoms with Gasteiger partial charge in [-0.25, -0.2) is 4.39 Å². The van der Waals surface area contributed by atoms with Crippen LogP contribution in [-0.4, -0.2) is 45.2 Å². The molecular formula is C13H20FN3O. The largest absolute Gasteiger partial charge is 0.496 e. The number of nitrogens with zero attached hydrogens (tertiary/aromatic N) is 1. The number of rotatable bonds is 4. The minimum absolute atomic E-state index is 0.0160. The number of nitrogens with one attached hydrogen (secondary N) is 2. The molecule has 0 bridgehead atoms. The summed E-state index contributed by atoms with van der Waals surface area (Å²) in [6, 6.07) is 4.64. The molecular weight excluding hydrogens is 233 g/mol. The summed E-state index contributed by atoms with van der Waals surface area (Å²) >= 11 is 0. The highest BCUT2D eigenvalue weighted by molar-refractivity contribution is 5.36. The predicted octanol–water partition coefficient (Wildman–Crippen LogP) is 0.958. The summed E-state index contributed by atoms with van der Waals surface area (Å²) < 4.78 is 18.8. The molecule has 1 heterocycles. The molecule has 1 atom stereocenters. The van der Waals surface area contributed by atoms with Crippen molar-refractivity contribution in [3.63, 3.8) is 0 Å². The minimum Gasteiger partial charge on any atom is -0.496 e. The lowest BCUT2D eigenvalue weighted by molar-refractivity contribution is 0.150. The summed E-state index contributed by atoms with van der Waals surface area (Å²) in [4.78, 5) is 2.29. The number of hydrogen-bond acceptors (Lipinski definition) is 4. The number of methoxy groups -OCH3 is 1. The van der Waals surface area contributed by atoms with Crippen LogP contribution in [0.25, 0.3) is 0 Å². The Hall–Kier alpha value is -1.17. The number of ether oxygens (including phenoxy) is 1. The Morgan fingerprint density at radius 3 is 2.72 bits per heavy atom. The molecule has 1 aromatic carbocycles. The summed E-state index contributed by atoms with van der Waals surface area (Å²) in [7, 11) is 3.50. The SMILES string of the molecule is CNC(c1cc(F)ccc1OC)N1CCNCC1. The summed E-state index contributed by atoms with van der Waals surface area (Å²) in [5, 5.41) is 6.55. The predicted molar refractivity (Wildman–Crippen MR) is 69.2 cm³/mol. The van der Waals surface area contributed by atoms with E-state index in [1.165, 1.54) is 6.07 Å². The van der Waals surface area contributed by atoms with Crippen LogP contribution in [0.5, 0.6) is 5.75 Å². The fraction of sp³-hybridized carbons (Fsp3) is 0.538. The zero-order chi connectivity index (χ0) is 13.0. The molecule has 1 aliphatic heterocycles. The fourth-order valence-corrected chi connectivity index (χ4v) is 2.39. The van der Waals surface area contributed by atoms with Crippen LogP contribution in [0.4, 0.5) is 4.39 Å². The third-order valence-corrected chi connectivity index (χ3v) is 3.28. The zero-order valence-corrected chi connectivity index (χ0v) is 10.9. The van der Waals surface area contributed by atoms with Crippen molar-refractivity contribution in [2.45, 2.75) is 6.17 Å². The van der Waals surface area contributed by atoms with Crippen LogP contribution in [0.1, 0.15) is 11.7 Å². The molecule has 5 heteroatoms. The first-order chi connectivity index (χ1) is 8.76. The van der Waals surface area contributed by atoms with E-state index in [-0.39, 0.29) is 12.0 Å². The molecule has 1 unspecified atom stereocenters. The molecule has 0 spiro atoms. The van der Waals surface area contributed by atoms with Gasteiger partial charge in [0.05, 0.1) is 13.3 Å². The van der Waals surface area contributed by atoms with Gasteiger partial charge in [-0.3, -0.25) is 4.90 Å². The van der Waals surface area contributed by atoms with Crippen molar-refractivity contribution in [1.29, 1.82) is 0 Å². The van der Waals surface area contributed by atoms with E-state index in [0.29, 0.717) is 5.75 Å². The van der Waals surface area contributed by atoms with Gasteiger partial charge >= 0.3 is 0 Å². The molecule has 2 rings (SSSR count). The first-order valence-electron chi connectivity index (χ1n) is 6.21. The summed E-state index contributed by atoms with van der Waals surface area (Å²) in [5.41, 5.74) is 0.849. The van der Waals surface area contributed by atoms with Gasteiger partial charge in [0.15, 0.2) is 0 Å². The number of piperazine rings is 1. The van der Waals surface area contributed by atoms with Crippen LogP contribution in [-0.2, 0) is 0 Å². The molecule has 1 aromatic rings. The Balaban J connectivity index is 2.27. The van der Waals surface area contributed by atoms with E-state index in [1.54, 1.807) is 19.2 Å². The van der Waals surface area contributed by atoms with Crippen LogP contribution in [0, 0.1) is 5.82 Å². The molecule has 0 aliphatic carbocycles. The lowest BCUT2D eigenvalue weighted by Gasteiger charge is -2.35. The summed E-state index contributed by atoms with van der Waals surface area (Å²) in [6.07, 6.45) is -0.0160. The molecule has 2 N–H and O–H groups in total. The Morgan fingerprint density at radius 1 is 1.39 bits per heavy atom. The Morgan fingerprint density at radius 2 is 2.11 bits per heavy atom. The van der Waals surface area contributed by atoms with Gasteiger partial charge in [-0.1, -0.05) is 0 Å². The standard InChI is InChI=1S/C13H20FN3O/c1-15-13(17-7-5-16-6-8-17)11-9-10(14)3-4-12(11)18-2/h3-4,9,13,15-16H,5-8H2,1-2H3. The van der Waals surface area contributed by atoms with Gasteiger partial charge in [0.1, 0.15) is 11.6 Å². The quantitative estimate of drug-likeness (QED) is 0.838. The average molecular weight is 253 g/mol. The van der Waals surface area contributed by atoms with Gasteiger partial charge in [0, 0.05) is 31.7 Å². The average Bonchev–Trinajstić information content (AvgIpc) is 2.41. The number of halogens is 1. The second-order valence-electron chi connectivity index (χ2n) is 4.36. The van der Waals surface area contributed by atoms with Crippen molar-refractivity contribution in [1.82, 2.24) is 15.5 Å². The Kier molecular flexibility index (Phi) is 4.52. The second kappa shape index (κ2) is 6.13. The molecule has 0 aromatic heterocycles. The smallest absolute Gasteiger partial charge is 0.125 e. The maximum atomic E-state index is 13.4. The van der Waals surface area contributed by atoms with Gasteiger partial charge in [0.25, 0.3) is 0 Å². The van der Waals surface area contributed by atoms with Gasteiger partial charge in [0.2, 0.25) is 0 Å². The Bertz CT molecular complexity index is 394. The maximum Gasteiger partial charge on any atom is 0.125 e. The highest BCUT2D eigenvalue weighted by atomic mass is 19.1. The van der Waals surface area contributed by atoms with Crippen LogP contribution >= 0.6 is 0 Å². The normalized spacial score (nSPS) is 18.6. The van der Waals surface area contributed by atoms with Crippen LogP contribution < -0.4 is 15.4 Å². The van der Waals surface area contributed by atoms with Crippen molar-refractivity contribution in [3.8, 4) is 5.75 Å². The van der Waals surface area contributed by atoms with E-state index in [9.17, 15) is 4.39 Å². The first kappa shape index (κ1) is 13.3. The lowest BCUT2D eigenvalue weighted by Crippen LogP contribution is -2.48. The Labute approximate surface area is 107 Å². The topological polar surface area (TPSA) is 36.5 Å². The zero-order valence-electron chi connectivity index (χ0n) is 10.9. The van der Waals surface area contributed by atoms with Crippen molar-refractivity contribution >= 4 is 0 Å². The van der Waals surface area contributed by atoms with E-state index in [2.05, 4.69) is 15.5 Å². The van der Waals surface area contributed by atoms with E-state index in [1.807, 2.05) is 7.05 Å². The molecule has 1 aliphatic rings. The molecule has 1 fully saturated rings. The third-order valence-electron chi connectivity index (χ3n) is 3.28. The fourth-order valence-electron chi connectivity index (χ4n) is 2.39. The van der Waals surface area contributed by atoms with E-state index in [4.69, 9.17) is 4.74 Å². The van der Waals surface area contributed by atoms with E-state index in [0.717, 1.165) is 31.7 Å². The third kappa shape index (κ3) is 2.80. The van der Waals surface area contributed by atoms with Crippen molar-refractivity contribution in [3.05, 3.63) is 29.6 Å². The molecule has 4 nitrogen and oxygen atoms in total. The van der Waals surface area contributed by atoms with Gasteiger partial charge in [-0.2, -0.15) is 0 Å². The minimum atomic E-state index is -0.235. The molecule has 1 saturated heterocycles. The molecule has 100 valence electrons. The second-order valence-corrected chi connectivity index (χ2v) is 4.36. The monoisotopic (exact) mass is 253 g/mol. The molecule has 18 heavy (non-hydrogen) atoms. The number of hydrogen-bond donors (Lipinski definition) is 2. The molecule has 0 saturated carbocycles. The van der Waals surface area contributed by atoms with E-state index >= 15 is 0 Å². The molecule has 0 radical (unpaired) electrons. The summed E-state index contributed by atoms with van der Waals surface area (Å²) in [5.74, 6) is 0.482. The first-order valence-corrected chi connectivity index (χ1v) is 6.21. The van der Waals surface area contributed by atoms with Crippen molar-refractivity contribution < 1.29 is 9.13 Å². The molecule has 0 amide bonds. The van der Waals surface area contributed by atoms with Crippen molar-refractivity contribution in [2.24, 2.45) is 0 Å². The maximum absolute atomic E-state index is 13.4. The highest BCUT2D eigenvalue weighted by Gasteiger charge is 2.23. The van der Waals surface area contributed by atoms with Crippen LogP contribution in [0.3, 0.4) is 0 Å². The summed E-state index contributed by atoms with van der Waals surface area (Å²) in [6.45, 7) is 3.78. The van der Waals surface area contributed by atoms with Crippen molar-refractivity contribution in [2.75, 3.05) is 40.3 Å². The highest BCUT2D eigenvalue weighted by Crippen LogP contribution is 2.28.